The van der Waals surface area contributed by atoms with Crippen LogP contribution in [0.3, 0.4) is 0 Å². The number of aryl methyl sites for hydroxylation is 1. The molecule has 1 aromatic rings. The van der Waals surface area contributed by atoms with Crippen LogP contribution in [0.4, 0.5) is 8.78 Å². The summed E-state index contributed by atoms with van der Waals surface area (Å²) in [6, 6.07) is 1.26. The zero-order valence-electron chi connectivity index (χ0n) is 7.22. The lowest BCUT2D eigenvalue weighted by Crippen LogP contribution is -2.13. The van der Waals surface area contributed by atoms with Gasteiger partial charge in [-0.1, -0.05) is 0 Å². The maximum Gasteiger partial charge on any atom is 0.124 e. The lowest BCUT2D eigenvalue weighted by Gasteiger charge is -2.11. The van der Waals surface area contributed by atoms with Crippen molar-refractivity contribution in [1.29, 1.82) is 0 Å². The summed E-state index contributed by atoms with van der Waals surface area (Å²) in [5.41, 5.74) is 5.80. The molecule has 0 heterocycles. The standard InChI is InChI=1S/C9H11F2NO/c1-5-2-6(11)3-7(9(5)13)8(12)4-10/h2-3,8,13H,4,12H2,1H3. The second-order valence-corrected chi connectivity index (χ2v) is 2.92. The van der Waals surface area contributed by atoms with E-state index in [2.05, 4.69) is 0 Å². The van der Waals surface area contributed by atoms with Crippen molar-refractivity contribution >= 4 is 0 Å². The fraction of sp³-hybridized carbons (Fsp3) is 0.333. The second-order valence-electron chi connectivity index (χ2n) is 2.92. The van der Waals surface area contributed by atoms with Crippen molar-refractivity contribution in [3.63, 3.8) is 0 Å². The van der Waals surface area contributed by atoms with Gasteiger partial charge in [0.15, 0.2) is 0 Å². The third kappa shape index (κ3) is 1.95. The van der Waals surface area contributed by atoms with Crippen LogP contribution in [0.1, 0.15) is 17.2 Å². The van der Waals surface area contributed by atoms with Gasteiger partial charge in [0.05, 0.1) is 6.04 Å². The lowest BCUT2D eigenvalue weighted by atomic mass is 10.0. The Morgan fingerprint density at radius 2 is 2.15 bits per heavy atom. The largest absolute Gasteiger partial charge is 0.507 e. The van der Waals surface area contributed by atoms with Crippen LogP contribution < -0.4 is 5.73 Å². The van der Waals surface area contributed by atoms with E-state index in [4.69, 9.17) is 5.73 Å². The summed E-state index contributed by atoms with van der Waals surface area (Å²) in [6.07, 6.45) is 0. The highest BCUT2D eigenvalue weighted by Crippen LogP contribution is 2.27. The first-order valence-corrected chi connectivity index (χ1v) is 3.86. The number of phenolic OH excluding ortho intramolecular Hbond substituents is 1. The van der Waals surface area contributed by atoms with E-state index in [1.807, 2.05) is 0 Å². The quantitative estimate of drug-likeness (QED) is 0.741. The molecule has 13 heavy (non-hydrogen) atoms. The van der Waals surface area contributed by atoms with E-state index in [0.29, 0.717) is 5.56 Å². The molecule has 0 saturated carbocycles. The molecule has 0 aromatic heterocycles. The predicted molar refractivity (Wildman–Crippen MR) is 45.7 cm³/mol. The number of aromatic hydroxyl groups is 1. The number of nitrogens with two attached hydrogens (primary N) is 1. The third-order valence-electron chi connectivity index (χ3n) is 1.86. The molecule has 2 nitrogen and oxygen atoms in total. The topological polar surface area (TPSA) is 46.2 Å². The normalized spacial score (nSPS) is 12.9. The minimum absolute atomic E-state index is 0.111. The number of phenols is 1. The smallest absolute Gasteiger partial charge is 0.124 e. The van der Waals surface area contributed by atoms with Gasteiger partial charge in [0, 0.05) is 5.56 Å². The highest BCUT2D eigenvalue weighted by atomic mass is 19.1. The van der Waals surface area contributed by atoms with Gasteiger partial charge < -0.3 is 10.8 Å². The Bertz CT molecular complexity index is 315. The number of alkyl halides is 1. The third-order valence-corrected chi connectivity index (χ3v) is 1.86. The van der Waals surface area contributed by atoms with E-state index in [9.17, 15) is 13.9 Å². The van der Waals surface area contributed by atoms with Crippen molar-refractivity contribution in [2.75, 3.05) is 6.67 Å². The van der Waals surface area contributed by atoms with E-state index in [1.165, 1.54) is 13.0 Å². The van der Waals surface area contributed by atoms with Crippen molar-refractivity contribution in [3.8, 4) is 5.75 Å². The van der Waals surface area contributed by atoms with Gasteiger partial charge in [0.2, 0.25) is 0 Å². The minimum atomic E-state index is -0.964. The van der Waals surface area contributed by atoms with Gasteiger partial charge in [0.25, 0.3) is 0 Å². The average Bonchev–Trinajstić information content (AvgIpc) is 2.10. The first-order valence-electron chi connectivity index (χ1n) is 3.86. The van der Waals surface area contributed by atoms with E-state index in [0.717, 1.165) is 6.07 Å². The Kier molecular flexibility index (Phi) is 2.83. The molecule has 0 spiro atoms. The van der Waals surface area contributed by atoms with Crippen LogP contribution in [-0.4, -0.2) is 11.8 Å². The van der Waals surface area contributed by atoms with Crippen molar-refractivity contribution in [1.82, 2.24) is 0 Å². The predicted octanol–water partition coefficient (Wildman–Crippen LogP) is 1.81. The lowest BCUT2D eigenvalue weighted by molar-refractivity contribution is 0.410. The molecule has 1 rings (SSSR count). The molecular weight excluding hydrogens is 176 g/mol. The Morgan fingerprint density at radius 3 is 2.69 bits per heavy atom. The van der Waals surface area contributed by atoms with E-state index >= 15 is 0 Å². The van der Waals surface area contributed by atoms with Crippen LogP contribution in [0.25, 0.3) is 0 Å². The van der Waals surface area contributed by atoms with E-state index in [-0.39, 0.29) is 11.3 Å². The number of hydrogen-bond donors (Lipinski definition) is 2. The van der Waals surface area contributed by atoms with Gasteiger partial charge in [0.1, 0.15) is 18.2 Å². The molecule has 1 aromatic carbocycles. The number of rotatable bonds is 2. The fourth-order valence-corrected chi connectivity index (χ4v) is 1.13. The Balaban J connectivity index is 3.20. The molecule has 0 bridgehead atoms. The second kappa shape index (κ2) is 3.70. The van der Waals surface area contributed by atoms with Crippen molar-refractivity contribution < 1.29 is 13.9 Å². The van der Waals surface area contributed by atoms with Crippen molar-refractivity contribution in [2.24, 2.45) is 5.73 Å². The number of benzene rings is 1. The van der Waals surface area contributed by atoms with Gasteiger partial charge in [-0.2, -0.15) is 0 Å². The molecule has 0 aliphatic rings. The van der Waals surface area contributed by atoms with Gasteiger partial charge in [-0.25, -0.2) is 8.78 Å². The summed E-state index contributed by atoms with van der Waals surface area (Å²) in [6.45, 7) is 0.712. The fourth-order valence-electron chi connectivity index (χ4n) is 1.13. The van der Waals surface area contributed by atoms with Crippen LogP contribution in [0.2, 0.25) is 0 Å². The summed E-state index contributed by atoms with van der Waals surface area (Å²) in [4.78, 5) is 0. The molecule has 0 saturated heterocycles. The monoisotopic (exact) mass is 187 g/mol. The zero-order valence-corrected chi connectivity index (χ0v) is 7.22. The Hall–Kier alpha value is -1.16. The van der Waals surface area contributed by atoms with Crippen molar-refractivity contribution in [3.05, 3.63) is 29.1 Å². The molecule has 4 heteroatoms. The van der Waals surface area contributed by atoms with Gasteiger partial charge in [-0.05, 0) is 24.6 Å². The first kappa shape index (κ1) is 9.92. The first-order chi connectivity index (χ1) is 6.06. The SMILES string of the molecule is Cc1cc(F)cc(C(N)CF)c1O. The van der Waals surface area contributed by atoms with E-state index < -0.39 is 18.5 Å². The summed E-state index contributed by atoms with van der Waals surface area (Å²) in [7, 11) is 0. The highest BCUT2D eigenvalue weighted by molar-refractivity contribution is 5.41. The van der Waals surface area contributed by atoms with Crippen LogP contribution in [-0.2, 0) is 0 Å². The minimum Gasteiger partial charge on any atom is -0.507 e. The molecule has 72 valence electrons. The van der Waals surface area contributed by atoms with E-state index in [1.54, 1.807) is 0 Å². The summed E-state index contributed by atoms with van der Waals surface area (Å²) < 4.78 is 25.0. The number of hydrogen-bond acceptors (Lipinski definition) is 2. The van der Waals surface area contributed by atoms with Crippen LogP contribution in [0.15, 0.2) is 12.1 Å². The molecule has 0 amide bonds. The van der Waals surface area contributed by atoms with Crippen LogP contribution >= 0.6 is 0 Å². The summed E-state index contributed by atoms with van der Waals surface area (Å²) in [5.74, 6) is -0.652. The highest BCUT2D eigenvalue weighted by Gasteiger charge is 2.13. The molecule has 1 unspecified atom stereocenters. The molecule has 0 aliphatic carbocycles. The zero-order chi connectivity index (χ0) is 10.0. The van der Waals surface area contributed by atoms with Gasteiger partial charge in [-0.15, -0.1) is 0 Å². The average molecular weight is 187 g/mol. The van der Waals surface area contributed by atoms with Crippen molar-refractivity contribution in [2.45, 2.75) is 13.0 Å². The molecule has 0 aliphatic heterocycles. The summed E-state index contributed by atoms with van der Waals surface area (Å²) in [5, 5.41) is 9.41. The maximum absolute atomic E-state index is 12.8. The van der Waals surface area contributed by atoms with Crippen LogP contribution in [0.5, 0.6) is 5.75 Å². The molecule has 0 fully saturated rings. The summed E-state index contributed by atoms with van der Waals surface area (Å²) >= 11 is 0. The molecular formula is C9H11F2NO. The van der Waals surface area contributed by atoms with Gasteiger partial charge in [-0.3, -0.25) is 0 Å². The Labute approximate surface area is 75.0 Å². The van der Waals surface area contributed by atoms with Gasteiger partial charge >= 0.3 is 0 Å². The molecule has 0 radical (unpaired) electrons. The maximum atomic E-state index is 12.8. The van der Waals surface area contributed by atoms with Crippen LogP contribution in [0, 0.1) is 12.7 Å². The molecule has 1 atom stereocenters. The molecule has 3 N–H and O–H groups in total. The number of halogens is 2. The Morgan fingerprint density at radius 1 is 1.54 bits per heavy atom.